The van der Waals surface area contributed by atoms with Gasteiger partial charge in [0.1, 0.15) is 0 Å². The Morgan fingerprint density at radius 2 is 1.88 bits per heavy atom. The van der Waals surface area contributed by atoms with Crippen molar-refractivity contribution in [1.29, 1.82) is 0 Å². The molecule has 0 saturated carbocycles. The molecule has 0 aromatic rings. The normalized spacial score (nSPS) is 42.2. The van der Waals surface area contributed by atoms with Crippen molar-refractivity contribution in [2.75, 3.05) is 26.3 Å². The van der Waals surface area contributed by atoms with Crippen molar-refractivity contribution < 1.29 is 9.84 Å². The van der Waals surface area contributed by atoms with Crippen molar-refractivity contribution in [3.8, 4) is 0 Å². The van der Waals surface area contributed by atoms with E-state index in [0.29, 0.717) is 12.0 Å². The summed E-state index contributed by atoms with van der Waals surface area (Å²) in [6.45, 7) is 4.01. The molecule has 3 aliphatic rings. The van der Waals surface area contributed by atoms with E-state index in [1.807, 2.05) is 0 Å². The minimum atomic E-state index is -0.399. The minimum absolute atomic E-state index is 0.399. The fraction of sp³-hybridized carbons (Fsp3) is 1.00. The number of piperidine rings is 1. The van der Waals surface area contributed by atoms with Crippen LogP contribution in [0.1, 0.15) is 38.5 Å². The Bertz CT molecular complexity index is 252. The lowest BCUT2D eigenvalue weighted by atomic mass is 9.75. The molecule has 0 radical (unpaired) electrons. The van der Waals surface area contributed by atoms with E-state index in [0.717, 1.165) is 39.0 Å². The summed E-state index contributed by atoms with van der Waals surface area (Å²) in [4.78, 5) is 2.53. The number of fused-ring (bicyclic) bond motifs is 1. The Balaban J connectivity index is 1.75. The zero-order valence-electron chi connectivity index (χ0n) is 10.0. The molecule has 3 aliphatic heterocycles. The van der Waals surface area contributed by atoms with Crippen LogP contribution in [-0.2, 0) is 4.74 Å². The molecule has 1 N–H and O–H groups in total. The molecule has 0 aromatic heterocycles. The van der Waals surface area contributed by atoms with Crippen molar-refractivity contribution >= 4 is 0 Å². The smallest absolute Gasteiger partial charge is 0.0844 e. The number of aliphatic hydroxyl groups is 1. The lowest BCUT2D eigenvalue weighted by Crippen LogP contribution is -2.52. The first-order valence-corrected chi connectivity index (χ1v) is 6.85. The summed E-state index contributed by atoms with van der Waals surface area (Å²) >= 11 is 0. The summed E-state index contributed by atoms with van der Waals surface area (Å²) in [6.07, 6.45) is 6.92. The average Bonchev–Trinajstić information content (AvgIpc) is 2.71. The molecule has 2 unspecified atom stereocenters. The van der Waals surface area contributed by atoms with E-state index in [1.54, 1.807) is 0 Å². The number of rotatable bonds is 1. The average molecular weight is 225 g/mol. The van der Waals surface area contributed by atoms with Crippen LogP contribution in [0.4, 0.5) is 0 Å². The van der Waals surface area contributed by atoms with Crippen LogP contribution >= 0.6 is 0 Å². The summed E-state index contributed by atoms with van der Waals surface area (Å²) < 4.78 is 5.42. The van der Waals surface area contributed by atoms with Gasteiger partial charge in [0, 0.05) is 25.8 Å². The maximum Gasteiger partial charge on any atom is 0.0844 e. The van der Waals surface area contributed by atoms with Crippen molar-refractivity contribution in [3.63, 3.8) is 0 Å². The highest BCUT2D eigenvalue weighted by atomic mass is 16.5. The SMILES string of the molecule is OC1(C2CCOCC2)CCN2CCCCC21. The van der Waals surface area contributed by atoms with Gasteiger partial charge in [-0.1, -0.05) is 6.42 Å². The number of ether oxygens (including phenoxy) is 1. The summed E-state index contributed by atoms with van der Waals surface area (Å²) in [5, 5.41) is 11.0. The maximum atomic E-state index is 11.0. The molecule has 3 heterocycles. The van der Waals surface area contributed by atoms with E-state index >= 15 is 0 Å². The van der Waals surface area contributed by atoms with E-state index in [2.05, 4.69) is 4.90 Å². The third-order valence-corrected chi connectivity index (χ3v) is 4.92. The van der Waals surface area contributed by atoms with E-state index in [1.165, 1.54) is 25.8 Å². The quantitative estimate of drug-likeness (QED) is 0.732. The molecule has 0 amide bonds. The number of hydrogen-bond donors (Lipinski definition) is 1. The van der Waals surface area contributed by atoms with Gasteiger partial charge in [-0.25, -0.2) is 0 Å². The van der Waals surface area contributed by atoms with Crippen LogP contribution in [0.15, 0.2) is 0 Å². The highest BCUT2D eigenvalue weighted by Gasteiger charge is 2.51. The lowest BCUT2D eigenvalue weighted by molar-refractivity contribution is -0.0900. The van der Waals surface area contributed by atoms with Gasteiger partial charge in [-0.2, -0.15) is 0 Å². The Morgan fingerprint density at radius 3 is 2.69 bits per heavy atom. The molecule has 0 spiro atoms. The molecule has 2 atom stereocenters. The van der Waals surface area contributed by atoms with Crippen LogP contribution < -0.4 is 0 Å². The largest absolute Gasteiger partial charge is 0.388 e. The van der Waals surface area contributed by atoms with Gasteiger partial charge in [0.2, 0.25) is 0 Å². The second-order valence-electron chi connectivity index (χ2n) is 5.68. The van der Waals surface area contributed by atoms with Crippen LogP contribution in [0.25, 0.3) is 0 Å². The molecule has 3 rings (SSSR count). The van der Waals surface area contributed by atoms with Gasteiger partial charge in [-0.05, 0) is 44.6 Å². The van der Waals surface area contributed by atoms with E-state index in [4.69, 9.17) is 4.74 Å². The topological polar surface area (TPSA) is 32.7 Å². The molecule has 0 aromatic carbocycles. The van der Waals surface area contributed by atoms with Crippen LogP contribution in [0.5, 0.6) is 0 Å². The summed E-state index contributed by atoms with van der Waals surface area (Å²) in [5.74, 6) is 0.481. The van der Waals surface area contributed by atoms with Crippen molar-refractivity contribution in [1.82, 2.24) is 4.90 Å². The highest BCUT2D eigenvalue weighted by molar-refractivity contribution is 5.04. The third kappa shape index (κ3) is 1.69. The second kappa shape index (κ2) is 4.28. The van der Waals surface area contributed by atoms with Crippen molar-refractivity contribution in [3.05, 3.63) is 0 Å². The summed E-state index contributed by atoms with van der Waals surface area (Å²) in [5.41, 5.74) is -0.399. The van der Waals surface area contributed by atoms with Gasteiger partial charge >= 0.3 is 0 Å². The molecule has 3 nitrogen and oxygen atoms in total. The predicted molar refractivity (Wildman–Crippen MR) is 62.3 cm³/mol. The zero-order chi connectivity index (χ0) is 11.0. The Labute approximate surface area is 97.8 Å². The predicted octanol–water partition coefficient (Wildman–Crippen LogP) is 1.40. The minimum Gasteiger partial charge on any atom is -0.388 e. The zero-order valence-corrected chi connectivity index (χ0v) is 10.0. The van der Waals surface area contributed by atoms with Crippen LogP contribution in [0, 0.1) is 5.92 Å². The Hall–Kier alpha value is -0.120. The maximum absolute atomic E-state index is 11.0. The third-order valence-electron chi connectivity index (χ3n) is 4.92. The first-order chi connectivity index (χ1) is 7.81. The van der Waals surface area contributed by atoms with E-state index < -0.39 is 5.60 Å². The molecule has 3 saturated heterocycles. The summed E-state index contributed by atoms with van der Waals surface area (Å²) in [6, 6.07) is 0.448. The molecular formula is C13H23NO2. The van der Waals surface area contributed by atoms with E-state index in [-0.39, 0.29) is 0 Å². The van der Waals surface area contributed by atoms with Gasteiger partial charge < -0.3 is 9.84 Å². The van der Waals surface area contributed by atoms with Crippen LogP contribution in [-0.4, -0.2) is 48.0 Å². The molecule has 16 heavy (non-hydrogen) atoms. The fourth-order valence-electron chi connectivity index (χ4n) is 3.99. The van der Waals surface area contributed by atoms with Gasteiger partial charge in [-0.15, -0.1) is 0 Å². The monoisotopic (exact) mass is 225 g/mol. The van der Waals surface area contributed by atoms with Crippen molar-refractivity contribution in [2.45, 2.75) is 50.2 Å². The molecule has 3 heteroatoms. The van der Waals surface area contributed by atoms with Crippen LogP contribution in [0.2, 0.25) is 0 Å². The van der Waals surface area contributed by atoms with Gasteiger partial charge in [0.15, 0.2) is 0 Å². The molecule has 92 valence electrons. The Kier molecular flexibility index (Phi) is 2.94. The summed E-state index contributed by atoms with van der Waals surface area (Å²) in [7, 11) is 0. The van der Waals surface area contributed by atoms with Gasteiger partial charge in [0.05, 0.1) is 5.60 Å². The lowest BCUT2D eigenvalue weighted by Gasteiger charge is -2.43. The second-order valence-corrected chi connectivity index (χ2v) is 5.68. The Morgan fingerprint density at radius 1 is 1.06 bits per heavy atom. The molecule has 0 aliphatic carbocycles. The first kappa shape index (κ1) is 11.0. The standard InChI is InChI=1S/C13H23NO2/c15-13(11-4-9-16-10-5-11)6-8-14-7-2-1-3-12(13)14/h11-12,15H,1-10H2. The van der Waals surface area contributed by atoms with E-state index in [9.17, 15) is 5.11 Å². The van der Waals surface area contributed by atoms with Gasteiger partial charge in [-0.3, -0.25) is 4.90 Å². The fourth-order valence-corrected chi connectivity index (χ4v) is 3.99. The van der Waals surface area contributed by atoms with Crippen molar-refractivity contribution in [2.24, 2.45) is 5.92 Å². The highest BCUT2D eigenvalue weighted by Crippen LogP contribution is 2.43. The van der Waals surface area contributed by atoms with Gasteiger partial charge in [0.25, 0.3) is 0 Å². The number of hydrogen-bond acceptors (Lipinski definition) is 3. The van der Waals surface area contributed by atoms with Crippen LogP contribution in [0.3, 0.4) is 0 Å². The first-order valence-electron chi connectivity index (χ1n) is 6.85. The number of nitrogens with zero attached hydrogens (tertiary/aromatic N) is 1. The molecule has 0 bridgehead atoms. The molecular weight excluding hydrogens is 202 g/mol. The molecule has 3 fully saturated rings.